The van der Waals surface area contributed by atoms with Gasteiger partial charge in [-0.25, -0.2) is 0 Å². The first-order valence-electron chi connectivity index (χ1n) is 7.87. The van der Waals surface area contributed by atoms with E-state index >= 15 is 0 Å². The fourth-order valence-corrected chi connectivity index (χ4v) is 3.53. The Hall–Kier alpha value is -2.58. The van der Waals surface area contributed by atoms with Gasteiger partial charge < -0.3 is 4.98 Å². The Bertz CT molecular complexity index is 1090. The van der Waals surface area contributed by atoms with Gasteiger partial charge in [0.05, 0.1) is 0 Å². The van der Waals surface area contributed by atoms with Crippen molar-refractivity contribution in [2.45, 2.75) is 13.8 Å². The highest BCUT2D eigenvalue weighted by molar-refractivity contribution is 6.32. The lowest BCUT2D eigenvalue weighted by atomic mass is 9.93. The van der Waals surface area contributed by atoms with Crippen LogP contribution >= 0.6 is 11.6 Å². The van der Waals surface area contributed by atoms with Crippen LogP contribution in [0.25, 0.3) is 21.8 Å². The van der Waals surface area contributed by atoms with Gasteiger partial charge in [0.15, 0.2) is 5.78 Å². The van der Waals surface area contributed by atoms with Crippen LogP contribution in [-0.2, 0) is 0 Å². The summed E-state index contributed by atoms with van der Waals surface area (Å²) in [4.78, 5) is 16.4. The highest BCUT2D eigenvalue weighted by Crippen LogP contribution is 2.34. The lowest BCUT2D eigenvalue weighted by Gasteiger charge is -2.09. The monoisotopic (exact) mass is 333 g/mol. The second-order valence-electron chi connectivity index (χ2n) is 6.13. The van der Waals surface area contributed by atoms with Gasteiger partial charge in [-0.1, -0.05) is 41.9 Å². The third kappa shape index (κ3) is 2.22. The zero-order valence-electron chi connectivity index (χ0n) is 13.5. The Morgan fingerprint density at radius 2 is 1.75 bits per heavy atom. The standard InChI is InChI=1S/C21H16ClNO/c1-12-10-16(21(24)14-6-4-3-5-7-14)13(2)19-17-11-15(22)8-9-18(17)23-20(12)19/h3-11,23H,1-2H3. The van der Waals surface area contributed by atoms with Crippen LogP contribution in [0, 0.1) is 13.8 Å². The van der Waals surface area contributed by atoms with Crippen molar-refractivity contribution in [1.29, 1.82) is 0 Å². The molecule has 2 nitrogen and oxygen atoms in total. The Morgan fingerprint density at radius 3 is 2.50 bits per heavy atom. The van der Waals surface area contributed by atoms with Crippen LogP contribution in [0.3, 0.4) is 0 Å². The predicted octanol–water partition coefficient (Wildman–Crippen LogP) is 5.82. The highest BCUT2D eigenvalue weighted by atomic mass is 35.5. The van der Waals surface area contributed by atoms with Gasteiger partial charge in [0.25, 0.3) is 0 Å². The second-order valence-corrected chi connectivity index (χ2v) is 6.56. The average molecular weight is 334 g/mol. The maximum absolute atomic E-state index is 13.0. The van der Waals surface area contributed by atoms with Gasteiger partial charge in [0.1, 0.15) is 0 Å². The number of hydrogen-bond donors (Lipinski definition) is 1. The molecule has 0 amide bonds. The van der Waals surface area contributed by atoms with Crippen LogP contribution < -0.4 is 0 Å². The van der Waals surface area contributed by atoms with Gasteiger partial charge in [-0.2, -0.15) is 0 Å². The number of halogens is 1. The fourth-order valence-electron chi connectivity index (χ4n) is 3.36. The maximum atomic E-state index is 13.0. The van der Waals surface area contributed by atoms with Crippen LogP contribution in [0.5, 0.6) is 0 Å². The number of fused-ring (bicyclic) bond motifs is 3. The molecule has 0 aliphatic heterocycles. The average Bonchev–Trinajstić information content (AvgIpc) is 2.98. The van der Waals surface area contributed by atoms with Crippen molar-refractivity contribution in [3.8, 4) is 0 Å². The van der Waals surface area contributed by atoms with Crippen LogP contribution in [-0.4, -0.2) is 10.8 Å². The smallest absolute Gasteiger partial charge is 0.193 e. The van der Waals surface area contributed by atoms with Gasteiger partial charge in [-0.3, -0.25) is 4.79 Å². The quantitative estimate of drug-likeness (QED) is 0.460. The van der Waals surface area contributed by atoms with Crippen molar-refractivity contribution >= 4 is 39.2 Å². The van der Waals surface area contributed by atoms with Gasteiger partial charge in [0, 0.05) is 38.0 Å². The summed E-state index contributed by atoms with van der Waals surface area (Å²) in [7, 11) is 0. The van der Waals surface area contributed by atoms with E-state index in [0.717, 1.165) is 38.5 Å². The molecule has 0 fully saturated rings. The Morgan fingerprint density at radius 1 is 1.00 bits per heavy atom. The molecule has 0 bridgehead atoms. The van der Waals surface area contributed by atoms with E-state index in [4.69, 9.17) is 11.6 Å². The summed E-state index contributed by atoms with van der Waals surface area (Å²) in [5.74, 6) is 0.0504. The third-order valence-electron chi connectivity index (χ3n) is 4.58. The molecular formula is C21H16ClNO. The molecule has 3 aromatic carbocycles. The van der Waals surface area contributed by atoms with Crippen molar-refractivity contribution < 1.29 is 4.79 Å². The molecule has 0 aliphatic carbocycles. The Balaban J connectivity index is 2.04. The van der Waals surface area contributed by atoms with E-state index < -0.39 is 0 Å². The van der Waals surface area contributed by atoms with Crippen LogP contribution in [0.1, 0.15) is 27.0 Å². The summed E-state index contributed by atoms with van der Waals surface area (Å²) in [6.07, 6.45) is 0. The molecular weight excluding hydrogens is 318 g/mol. The summed E-state index contributed by atoms with van der Waals surface area (Å²) in [6.45, 7) is 4.03. The largest absolute Gasteiger partial charge is 0.354 e. The van der Waals surface area contributed by atoms with Gasteiger partial charge in [0.2, 0.25) is 0 Å². The van der Waals surface area contributed by atoms with E-state index in [1.807, 2.05) is 68.4 Å². The van der Waals surface area contributed by atoms with Crippen LogP contribution in [0.2, 0.25) is 5.02 Å². The topological polar surface area (TPSA) is 32.9 Å². The SMILES string of the molecule is Cc1cc(C(=O)c2ccccc2)c(C)c2c1[nH]c1ccc(Cl)cc12. The number of benzene rings is 3. The molecule has 3 heteroatoms. The molecule has 1 aromatic heterocycles. The van der Waals surface area contributed by atoms with Crippen LogP contribution in [0.4, 0.5) is 0 Å². The lowest BCUT2D eigenvalue weighted by Crippen LogP contribution is -2.04. The Kier molecular flexibility index (Phi) is 3.43. The van der Waals surface area contributed by atoms with E-state index in [1.54, 1.807) is 0 Å². The number of aromatic amines is 1. The first-order valence-corrected chi connectivity index (χ1v) is 8.25. The zero-order valence-corrected chi connectivity index (χ0v) is 14.2. The van der Waals surface area contributed by atoms with E-state index in [1.165, 1.54) is 0 Å². The van der Waals surface area contributed by atoms with Crippen molar-refractivity contribution in [2.24, 2.45) is 0 Å². The minimum absolute atomic E-state index is 0.0504. The summed E-state index contributed by atoms with van der Waals surface area (Å²) in [5.41, 5.74) is 5.59. The summed E-state index contributed by atoms with van der Waals surface area (Å²) in [5, 5.41) is 2.83. The molecule has 0 saturated heterocycles. The number of carbonyl (C=O) groups excluding carboxylic acids is 1. The first-order chi connectivity index (χ1) is 11.6. The van der Waals surface area contributed by atoms with E-state index in [2.05, 4.69) is 4.98 Å². The van der Waals surface area contributed by atoms with E-state index in [-0.39, 0.29) is 5.78 Å². The summed E-state index contributed by atoms with van der Waals surface area (Å²) in [6, 6.07) is 17.2. The number of ketones is 1. The summed E-state index contributed by atoms with van der Waals surface area (Å²) >= 11 is 6.19. The zero-order chi connectivity index (χ0) is 16.8. The molecule has 4 rings (SSSR count). The molecule has 24 heavy (non-hydrogen) atoms. The normalized spacial score (nSPS) is 11.3. The Labute approximate surface area is 145 Å². The van der Waals surface area contributed by atoms with Crippen molar-refractivity contribution in [3.63, 3.8) is 0 Å². The maximum Gasteiger partial charge on any atom is 0.193 e. The molecule has 1 heterocycles. The summed E-state index contributed by atoms with van der Waals surface area (Å²) < 4.78 is 0. The van der Waals surface area contributed by atoms with Gasteiger partial charge in [-0.05, 0) is 49.2 Å². The van der Waals surface area contributed by atoms with E-state index in [0.29, 0.717) is 10.6 Å². The van der Waals surface area contributed by atoms with Crippen molar-refractivity contribution in [3.05, 3.63) is 81.9 Å². The van der Waals surface area contributed by atoms with Gasteiger partial charge >= 0.3 is 0 Å². The number of rotatable bonds is 2. The molecule has 0 aliphatic rings. The van der Waals surface area contributed by atoms with Crippen LogP contribution in [0.15, 0.2) is 54.6 Å². The number of nitrogens with one attached hydrogen (secondary N) is 1. The highest BCUT2D eigenvalue weighted by Gasteiger charge is 2.18. The number of hydrogen-bond acceptors (Lipinski definition) is 1. The molecule has 118 valence electrons. The second kappa shape index (κ2) is 5.50. The van der Waals surface area contributed by atoms with E-state index in [9.17, 15) is 4.79 Å². The number of aromatic nitrogens is 1. The molecule has 0 atom stereocenters. The first kappa shape index (κ1) is 15.0. The molecule has 0 spiro atoms. The third-order valence-corrected chi connectivity index (χ3v) is 4.81. The molecule has 4 aromatic rings. The minimum atomic E-state index is 0.0504. The number of aryl methyl sites for hydroxylation is 2. The predicted molar refractivity (Wildman–Crippen MR) is 100 cm³/mol. The minimum Gasteiger partial charge on any atom is -0.354 e. The molecule has 0 radical (unpaired) electrons. The van der Waals surface area contributed by atoms with Gasteiger partial charge in [-0.15, -0.1) is 0 Å². The lowest BCUT2D eigenvalue weighted by molar-refractivity contribution is 0.103. The van der Waals surface area contributed by atoms with Crippen molar-refractivity contribution in [2.75, 3.05) is 0 Å². The molecule has 1 N–H and O–H groups in total. The number of H-pyrrole nitrogens is 1. The number of carbonyl (C=O) groups is 1. The van der Waals surface area contributed by atoms with Crippen molar-refractivity contribution in [1.82, 2.24) is 4.98 Å². The molecule has 0 unspecified atom stereocenters. The fraction of sp³-hybridized carbons (Fsp3) is 0.0952. The molecule has 0 saturated carbocycles.